The normalized spacial score (nSPS) is 26.2. The molecule has 1 aliphatic carbocycles. The second-order valence-electron chi connectivity index (χ2n) is 9.96. The summed E-state index contributed by atoms with van der Waals surface area (Å²) in [6.07, 6.45) is 3.50. The molecule has 1 saturated carbocycles. The first-order chi connectivity index (χ1) is 17.3. The van der Waals surface area contributed by atoms with Gasteiger partial charge >= 0.3 is 0 Å². The molecule has 11 heteroatoms. The van der Waals surface area contributed by atoms with E-state index in [0.717, 1.165) is 25.0 Å². The number of H-pyrrole nitrogens is 1. The van der Waals surface area contributed by atoms with Crippen molar-refractivity contribution in [3.05, 3.63) is 35.5 Å². The van der Waals surface area contributed by atoms with E-state index in [4.69, 9.17) is 0 Å². The lowest BCUT2D eigenvalue weighted by Crippen LogP contribution is -2.64. The van der Waals surface area contributed by atoms with Crippen molar-refractivity contribution in [2.75, 3.05) is 13.2 Å². The van der Waals surface area contributed by atoms with E-state index >= 15 is 0 Å². The fourth-order valence-electron chi connectivity index (χ4n) is 5.99. The van der Waals surface area contributed by atoms with E-state index in [1.54, 1.807) is 0 Å². The standard InChI is InChI=1S/C25H28F2N4O5/c26-14-8-17(27)16-10-20(29-18(16)9-14)25(36)31-15-3-1-12(2-4-15)22(31)24(35)30-19(21(33)11-32)7-13-5-6-28-23(13)34/h8-10,12-13,15,19,22,29,32H,1-7,11H2,(H,28,34)(H,30,35)/t12?,13-,15?,19+,22-/m0/s1. The molecule has 2 bridgehead atoms. The van der Waals surface area contributed by atoms with Crippen LogP contribution in [0.15, 0.2) is 18.2 Å². The zero-order valence-corrected chi connectivity index (χ0v) is 19.6. The van der Waals surface area contributed by atoms with Crippen molar-refractivity contribution >= 4 is 34.4 Å². The van der Waals surface area contributed by atoms with Crippen LogP contribution in [0.3, 0.4) is 0 Å². The highest BCUT2D eigenvalue weighted by Crippen LogP contribution is 2.41. The Balaban J connectivity index is 1.41. The molecule has 1 aromatic heterocycles. The number of amides is 3. The van der Waals surface area contributed by atoms with Crippen LogP contribution in [0.4, 0.5) is 8.78 Å². The van der Waals surface area contributed by atoms with Crippen LogP contribution >= 0.6 is 0 Å². The number of carbonyl (C=O) groups excluding carboxylic acids is 4. The van der Waals surface area contributed by atoms with Gasteiger partial charge in [-0.15, -0.1) is 0 Å². The fraction of sp³-hybridized carbons (Fsp3) is 0.520. The Kier molecular flexibility index (Phi) is 6.50. The maximum atomic E-state index is 14.2. The van der Waals surface area contributed by atoms with E-state index < -0.39 is 53.8 Å². The van der Waals surface area contributed by atoms with Crippen molar-refractivity contribution in [2.24, 2.45) is 11.8 Å². The number of Topliss-reactive ketones (excluding diaryl/α,β-unsaturated/α-hetero) is 1. The Hall–Kier alpha value is -3.34. The lowest BCUT2D eigenvalue weighted by atomic mass is 9.74. The Morgan fingerprint density at radius 2 is 1.86 bits per heavy atom. The minimum atomic E-state index is -1.06. The summed E-state index contributed by atoms with van der Waals surface area (Å²) in [5.74, 6) is -3.96. The lowest BCUT2D eigenvalue weighted by molar-refractivity contribution is -0.137. The predicted octanol–water partition coefficient (Wildman–Crippen LogP) is 1.40. The quantitative estimate of drug-likeness (QED) is 0.455. The van der Waals surface area contributed by atoms with Crippen molar-refractivity contribution in [1.29, 1.82) is 0 Å². The van der Waals surface area contributed by atoms with Crippen molar-refractivity contribution in [2.45, 2.75) is 56.7 Å². The molecule has 3 saturated heterocycles. The molecule has 4 N–H and O–H groups in total. The maximum Gasteiger partial charge on any atom is 0.271 e. The Bertz CT molecular complexity index is 1220. The van der Waals surface area contributed by atoms with Crippen LogP contribution < -0.4 is 10.6 Å². The van der Waals surface area contributed by atoms with Gasteiger partial charge in [-0.25, -0.2) is 8.78 Å². The summed E-state index contributed by atoms with van der Waals surface area (Å²) in [5.41, 5.74) is 0.188. The lowest BCUT2D eigenvalue weighted by Gasteiger charge is -2.50. The van der Waals surface area contributed by atoms with Gasteiger partial charge in [0.05, 0.1) is 11.6 Å². The Morgan fingerprint density at radius 1 is 1.11 bits per heavy atom. The zero-order valence-electron chi connectivity index (χ0n) is 19.6. The number of aromatic amines is 1. The molecule has 4 heterocycles. The van der Waals surface area contributed by atoms with Crippen LogP contribution in [0.1, 0.15) is 49.0 Å². The van der Waals surface area contributed by atoms with E-state index in [-0.39, 0.29) is 40.9 Å². The minimum absolute atomic E-state index is 0.0467. The Labute approximate surface area is 205 Å². The van der Waals surface area contributed by atoms with Crippen molar-refractivity contribution in [1.82, 2.24) is 20.5 Å². The van der Waals surface area contributed by atoms with Gasteiger partial charge in [0.15, 0.2) is 5.78 Å². The summed E-state index contributed by atoms with van der Waals surface area (Å²) >= 11 is 0. The first-order valence-electron chi connectivity index (χ1n) is 12.3. The number of fused-ring (bicyclic) bond motifs is 4. The topological polar surface area (TPSA) is 132 Å². The molecule has 4 aliphatic rings. The van der Waals surface area contributed by atoms with Gasteiger partial charge in [0.2, 0.25) is 11.8 Å². The number of aliphatic hydroxyl groups excluding tert-OH is 1. The number of benzene rings is 1. The second-order valence-corrected chi connectivity index (χ2v) is 9.96. The minimum Gasteiger partial charge on any atom is -0.389 e. The number of hydrogen-bond acceptors (Lipinski definition) is 5. The van der Waals surface area contributed by atoms with Gasteiger partial charge < -0.3 is 25.6 Å². The molecule has 192 valence electrons. The van der Waals surface area contributed by atoms with Gasteiger partial charge in [0, 0.05) is 30.0 Å². The molecule has 36 heavy (non-hydrogen) atoms. The van der Waals surface area contributed by atoms with Crippen LogP contribution in [0.2, 0.25) is 0 Å². The van der Waals surface area contributed by atoms with E-state index in [0.29, 0.717) is 25.8 Å². The molecule has 0 spiro atoms. The molecule has 3 atom stereocenters. The number of hydrogen-bond donors (Lipinski definition) is 4. The number of ketones is 1. The van der Waals surface area contributed by atoms with Gasteiger partial charge in [0.1, 0.15) is 30.0 Å². The molecule has 0 unspecified atom stereocenters. The summed E-state index contributed by atoms with van der Waals surface area (Å²) in [6, 6.07) is 1.04. The molecule has 1 aromatic carbocycles. The average molecular weight is 503 g/mol. The summed E-state index contributed by atoms with van der Waals surface area (Å²) in [7, 11) is 0. The highest BCUT2D eigenvalue weighted by atomic mass is 19.1. The monoisotopic (exact) mass is 502 g/mol. The van der Waals surface area contributed by atoms with Crippen molar-refractivity contribution in [3.8, 4) is 0 Å². The highest BCUT2D eigenvalue weighted by Gasteiger charge is 2.48. The van der Waals surface area contributed by atoms with Gasteiger partial charge in [-0.3, -0.25) is 19.2 Å². The summed E-state index contributed by atoms with van der Waals surface area (Å²) in [4.78, 5) is 55.9. The molecule has 6 rings (SSSR count). The summed E-state index contributed by atoms with van der Waals surface area (Å²) in [5, 5.41) is 14.9. The number of aromatic nitrogens is 1. The molecule has 3 aliphatic heterocycles. The van der Waals surface area contributed by atoms with Crippen LogP contribution in [-0.2, 0) is 14.4 Å². The second kappa shape index (κ2) is 9.61. The molecule has 3 amide bonds. The van der Waals surface area contributed by atoms with Crippen LogP contribution in [0.25, 0.3) is 10.9 Å². The van der Waals surface area contributed by atoms with Crippen LogP contribution in [0, 0.1) is 23.5 Å². The molecule has 0 radical (unpaired) electrons. The number of carbonyl (C=O) groups is 4. The molecule has 4 fully saturated rings. The third kappa shape index (κ3) is 4.36. The first kappa shape index (κ1) is 24.4. The number of nitrogens with one attached hydrogen (secondary N) is 3. The summed E-state index contributed by atoms with van der Waals surface area (Å²) in [6.45, 7) is -0.295. The first-order valence-corrected chi connectivity index (χ1v) is 12.3. The van der Waals surface area contributed by atoms with E-state index in [1.807, 2.05) is 0 Å². The number of rotatable bonds is 7. The molecular weight excluding hydrogens is 474 g/mol. The highest BCUT2D eigenvalue weighted by molar-refractivity contribution is 6.01. The van der Waals surface area contributed by atoms with Crippen LogP contribution in [0.5, 0.6) is 0 Å². The maximum absolute atomic E-state index is 14.2. The Morgan fingerprint density at radius 3 is 2.53 bits per heavy atom. The predicted molar refractivity (Wildman–Crippen MR) is 124 cm³/mol. The van der Waals surface area contributed by atoms with E-state index in [2.05, 4.69) is 15.6 Å². The van der Waals surface area contributed by atoms with Crippen molar-refractivity contribution < 1.29 is 33.1 Å². The average Bonchev–Trinajstić information content (AvgIpc) is 3.48. The van der Waals surface area contributed by atoms with E-state index in [1.165, 1.54) is 11.0 Å². The number of aliphatic hydroxyl groups is 1. The summed E-state index contributed by atoms with van der Waals surface area (Å²) < 4.78 is 27.9. The molecule has 2 aromatic rings. The van der Waals surface area contributed by atoms with Gasteiger partial charge in [-0.1, -0.05) is 0 Å². The smallest absolute Gasteiger partial charge is 0.271 e. The van der Waals surface area contributed by atoms with E-state index in [9.17, 15) is 33.1 Å². The number of halogens is 2. The SMILES string of the molecule is O=C1NCC[C@H]1C[C@@H](NC(=O)[C@@H]1C2CCC(CC2)N1C(=O)c1cc2c(F)cc(F)cc2[nH]1)C(=O)CO. The third-order valence-corrected chi connectivity index (χ3v) is 7.81. The van der Waals surface area contributed by atoms with Gasteiger partial charge in [-0.05, 0) is 56.6 Å². The van der Waals surface area contributed by atoms with Gasteiger partial charge in [-0.2, -0.15) is 0 Å². The van der Waals surface area contributed by atoms with Crippen molar-refractivity contribution in [3.63, 3.8) is 0 Å². The molecule has 9 nitrogen and oxygen atoms in total. The largest absolute Gasteiger partial charge is 0.389 e. The number of nitrogens with zero attached hydrogens (tertiary/aromatic N) is 1. The third-order valence-electron chi connectivity index (χ3n) is 7.81. The van der Waals surface area contributed by atoms with Crippen LogP contribution in [-0.4, -0.2) is 69.8 Å². The molecular formula is C25H28F2N4O5. The zero-order chi connectivity index (χ0) is 25.6. The van der Waals surface area contributed by atoms with Gasteiger partial charge in [0.25, 0.3) is 5.91 Å². The number of piperidine rings is 2. The fourth-order valence-corrected chi connectivity index (χ4v) is 5.99.